The highest BCUT2D eigenvalue weighted by Gasteiger charge is 2.86. The molecule has 5 aliphatic rings. The number of carbonyl (C=O) groups is 2. The van der Waals surface area contributed by atoms with Crippen LogP contribution >= 0.6 is 0 Å². The van der Waals surface area contributed by atoms with Crippen molar-refractivity contribution >= 4 is 11.9 Å². The lowest BCUT2D eigenvalue weighted by Crippen LogP contribution is -2.92. The molecule has 0 aromatic heterocycles. The maximum atomic E-state index is 15.7. The highest BCUT2D eigenvalue weighted by Crippen LogP contribution is 2.68. The molecule has 0 radical (unpaired) electrons. The monoisotopic (exact) mass is 1900 g/mol. The molecule has 0 bridgehead atoms. The van der Waals surface area contributed by atoms with Gasteiger partial charge in [0.1, 0.15) is 95.7 Å². The van der Waals surface area contributed by atoms with Gasteiger partial charge >= 0.3 is 5.97 Å². The number of hydrogen-bond donors (Lipinski definition) is 18. The van der Waals surface area contributed by atoms with Gasteiger partial charge in [0, 0.05) is 31.5 Å². The molecular formula is C100H192N4O28. The Hall–Kier alpha value is -2.44. The van der Waals surface area contributed by atoms with E-state index in [0.717, 1.165) is 65.2 Å². The van der Waals surface area contributed by atoms with Crippen LogP contribution in [0.5, 0.6) is 0 Å². The third kappa shape index (κ3) is 21.9. The fourth-order valence-corrected chi connectivity index (χ4v) is 21.3. The first-order chi connectivity index (χ1) is 60.6. The number of ether oxygens (including phenoxy) is 11. The summed E-state index contributed by atoms with van der Waals surface area (Å²) in [6, 6.07) is -1.24. The predicted octanol–water partition coefficient (Wildman–Crippen LogP) is 11.4. The molecule has 32 nitrogen and oxygen atoms in total. The van der Waals surface area contributed by atoms with Crippen molar-refractivity contribution in [3.05, 3.63) is 12.2 Å². The third-order valence-corrected chi connectivity index (χ3v) is 34.6. The molecule has 132 heavy (non-hydrogen) atoms. The Morgan fingerprint density at radius 3 is 1.35 bits per heavy atom. The van der Waals surface area contributed by atoms with E-state index in [2.05, 4.69) is 36.0 Å². The average molecular weight is 1900 g/mol. The van der Waals surface area contributed by atoms with Crippen molar-refractivity contribution in [1.29, 1.82) is 0 Å². The fraction of sp³-hybridized carbons (Fsp3) is 0.960. The minimum absolute atomic E-state index is 0.211. The summed E-state index contributed by atoms with van der Waals surface area (Å²) in [6.45, 7) is 34.6. The first-order valence-electron chi connectivity index (χ1n) is 49.7. The van der Waals surface area contributed by atoms with Crippen LogP contribution in [0.4, 0.5) is 0 Å². The van der Waals surface area contributed by atoms with Crippen LogP contribution in [0.15, 0.2) is 12.2 Å². The van der Waals surface area contributed by atoms with Crippen LogP contribution in [0.1, 0.15) is 381 Å². The molecule has 5 fully saturated rings. The Morgan fingerprint density at radius 1 is 0.500 bits per heavy atom. The minimum atomic E-state index is -3.59. The summed E-state index contributed by atoms with van der Waals surface area (Å²) < 4.78 is 77.1. The lowest BCUT2D eigenvalue weighted by atomic mass is 9.48. The zero-order valence-corrected chi connectivity index (χ0v) is 87.6. The molecule has 0 aliphatic carbocycles. The molecule has 26 atom stereocenters. The molecule has 0 spiro atoms. The molecular weight excluding hydrogens is 1710 g/mol. The van der Waals surface area contributed by atoms with Crippen LogP contribution in [-0.2, 0) is 66.5 Å². The highest BCUT2D eigenvalue weighted by atomic mass is 16.8. The lowest BCUT2D eigenvalue weighted by Gasteiger charge is -2.73. The van der Waals surface area contributed by atoms with Gasteiger partial charge in [0.25, 0.3) is 5.79 Å². The normalized spacial score (nSPS) is 40.9. The number of nitrogens with two attached hydrogens (primary N) is 1. The molecule has 5 heterocycles. The van der Waals surface area contributed by atoms with Crippen molar-refractivity contribution in [1.82, 2.24) is 16.1 Å². The number of nitrogens with one attached hydrogen (secondary N) is 3. The number of allylic oxidation sites excluding steroid dienone is 1. The van der Waals surface area contributed by atoms with Crippen LogP contribution in [0, 0.1) is 16.2 Å². The van der Waals surface area contributed by atoms with Gasteiger partial charge in [-0.15, -0.1) is 0 Å². The summed E-state index contributed by atoms with van der Waals surface area (Å²) in [4.78, 5) is 35.1. The summed E-state index contributed by atoms with van der Waals surface area (Å²) in [5.41, 5.74) is -42.7. The van der Waals surface area contributed by atoms with Crippen LogP contribution in [-0.4, -0.2) is 300 Å². The van der Waals surface area contributed by atoms with Gasteiger partial charge in [0.05, 0.1) is 75.3 Å². The number of aliphatic hydroxyl groups is 13. The smallest absolute Gasteiger partial charge is 0.365 e. The predicted molar refractivity (Wildman–Crippen MR) is 506 cm³/mol. The number of aliphatic carboxylic acids is 1. The SMILES string of the molecule is CC.CCCCCCCCCCCCC/C=C/C(N)C(COC1OC(C)(CO)C(C)(OC2OC(C)(CO)C(C)(OC3(C)OC(C)(CO)C(C)(O)C(CNOC)(OC4OC(C)(CO)C(C)(O)C(C)(OC)C4(C)O)C3(C)C)C(OC3(C(=O)O)OC(C)(C(C)(O)C(C)(C)CO)C(C)(NC(C)=O)C(C)(O)C3(C)C)C2(C)O)C(C)(O)C1(C)O)NCCCCCCCCCCCCCCCCCC. The first kappa shape index (κ1) is 122. The average Bonchev–Trinajstić information content (AvgIpc) is 0.655. The standard InChI is InChI=1S/C98H186N4O28.C2H6/c1-30-32-34-36-38-40-42-44-45-46-48-50-52-54-56-58-60-100-70(69(99)59-57-55-53-51-49-47-43-41-39-37-35-33-31-2)61-121-74-84(15,112)92(23,118)93(24,82(13,67-107)124-74)126-73-83(14,111)71(122-98(72(109)110)77(6,7)89(20,115)87(18,102-68(3)108)95(26,130-98)88(19,114)76(4,5)63-103)86(17,79(10,64-104)123-73)129-96(27)78(8,9)97(62-101-120-29,91(22,117)81(12,66-106)128-96)127-75-85(16,113)94(25,119-28)90(21,116)80(11,65-105)125-75;1-2/h57,59,69-71,73-75,100-101,103-107,111-118H,30-56,58,60-67,99H2,1-29H3,(H,102,108)(H,109,110);1-2H3/b59-57+;. The Kier molecular flexibility index (Phi) is 42.7. The Labute approximate surface area is 793 Å². The van der Waals surface area contributed by atoms with E-state index in [1.807, 2.05) is 19.9 Å². The van der Waals surface area contributed by atoms with E-state index >= 15 is 4.79 Å². The molecule has 32 heteroatoms. The number of aliphatic hydroxyl groups excluding tert-OH is 5. The molecule has 5 rings (SSSR count). The number of hydroxylamine groups is 1. The third-order valence-electron chi connectivity index (χ3n) is 34.6. The molecule has 5 saturated heterocycles. The number of carbonyl (C=O) groups excluding carboxylic acids is 1. The molecule has 0 saturated carbocycles. The maximum absolute atomic E-state index is 15.7. The molecule has 0 aromatic rings. The number of rotatable bonds is 56. The van der Waals surface area contributed by atoms with Crippen LogP contribution in [0.2, 0.25) is 0 Å². The van der Waals surface area contributed by atoms with Gasteiger partial charge in [-0.05, 0) is 150 Å². The summed E-state index contributed by atoms with van der Waals surface area (Å²) >= 11 is 0. The van der Waals surface area contributed by atoms with Gasteiger partial charge in [-0.3, -0.25) is 4.79 Å². The Morgan fingerprint density at radius 2 is 0.932 bits per heavy atom. The first-order valence-corrected chi connectivity index (χ1v) is 49.7. The summed E-state index contributed by atoms with van der Waals surface area (Å²) in [5.74, 6) is -9.17. The molecule has 780 valence electrons. The summed E-state index contributed by atoms with van der Waals surface area (Å²) in [5, 5.41) is 187. The van der Waals surface area contributed by atoms with E-state index in [1.54, 1.807) is 0 Å². The Balaban J connectivity index is 0.0000181. The van der Waals surface area contributed by atoms with E-state index in [0.29, 0.717) is 6.54 Å². The van der Waals surface area contributed by atoms with Gasteiger partial charge in [-0.25, -0.2) is 4.79 Å². The second kappa shape index (κ2) is 46.3. The number of carboxylic acids is 1. The van der Waals surface area contributed by atoms with Crippen molar-refractivity contribution in [3.63, 3.8) is 0 Å². The molecule has 1 amide bonds. The molecule has 5 aliphatic heterocycles. The number of carboxylic acid groups (broad SMARTS) is 1. The summed E-state index contributed by atoms with van der Waals surface area (Å²) in [6.07, 6.45) is 28.3. The van der Waals surface area contributed by atoms with E-state index in [1.165, 1.54) is 302 Å². The number of unbranched alkanes of at least 4 members (excludes halogenated alkanes) is 26. The van der Waals surface area contributed by atoms with Crippen LogP contribution < -0.4 is 21.8 Å². The minimum Gasteiger partial charge on any atom is -0.477 e. The number of amides is 1. The van der Waals surface area contributed by atoms with E-state index < -0.39 is 217 Å². The number of methoxy groups -OCH3 is 1. The van der Waals surface area contributed by atoms with Gasteiger partial charge in [-0.1, -0.05) is 242 Å². The lowest BCUT2D eigenvalue weighted by molar-refractivity contribution is -0.527. The van der Waals surface area contributed by atoms with Gasteiger partial charge in [0.15, 0.2) is 24.7 Å². The highest BCUT2D eigenvalue weighted by molar-refractivity contribution is 5.79. The van der Waals surface area contributed by atoms with Gasteiger partial charge in [-0.2, -0.15) is 5.48 Å². The van der Waals surface area contributed by atoms with Crippen molar-refractivity contribution in [2.45, 2.75) is 530 Å². The molecule has 26 unspecified atom stereocenters. The zero-order valence-electron chi connectivity index (χ0n) is 87.6. The van der Waals surface area contributed by atoms with Crippen LogP contribution in [0.3, 0.4) is 0 Å². The van der Waals surface area contributed by atoms with E-state index in [9.17, 15) is 76.3 Å². The Bertz CT molecular complexity index is 3560. The second-order valence-corrected chi connectivity index (χ2v) is 44.1. The topological polar surface area (TPSA) is 490 Å². The fourth-order valence-electron chi connectivity index (χ4n) is 21.3. The number of hydrogen-bond acceptors (Lipinski definition) is 30. The quantitative estimate of drug-likeness (QED) is 0.0153. The van der Waals surface area contributed by atoms with Crippen molar-refractivity contribution in [2.75, 3.05) is 67.0 Å². The maximum Gasteiger partial charge on any atom is 0.365 e. The zero-order chi connectivity index (χ0) is 102. The van der Waals surface area contributed by atoms with Gasteiger partial charge < -0.3 is 145 Å². The molecule has 0 aromatic carbocycles. The van der Waals surface area contributed by atoms with Crippen molar-refractivity contribution in [3.8, 4) is 0 Å². The van der Waals surface area contributed by atoms with Crippen molar-refractivity contribution in [2.24, 2.45) is 22.0 Å². The largest absolute Gasteiger partial charge is 0.477 e. The van der Waals surface area contributed by atoms with Crippen LogP contribution in [0.25, 0.3) is 0 Å². The summed E-state index contributed by atoms with van der Waals surface area (Å²) in [7, 11) is 2.44. The van der Waals surface area contributed by atoms with E-state index in [4.69, 9.17) is 62.7 Å². The van der Waals surface area contributed by atoms with Gasteiger partial charge in [0.2, 0.25) is 5.91 Å². The van der Waals surface area contributed by atoms with Crippen molar-refractivity contribution < 1.29 is 138 Å². The second-order valence-electron chi connectivity index (χ2n) is 44.1. The van der Waals surface area contributed by atoms with E-state index in [-0.39, 0.29) is 6.61 Å². The molecule has 19 N–H and O–H groups in total.